The van der Waals surface area contributed by atoms with E-state index in [0.717, 1.165) is 18.2 Å². The topological polar surface area (TPSA) is 72.5 Å². The van der Waals surface area contributed by atoms with Gasteiger partial charge in [0, 0.05) is 17.2 Å². The highest BCUT2D eigenvalue weighted by atomic mass is 32.2. The predicted molar refractivity (Wildman–Crippen MR) is 75.8 cm³/mol. The van der Waals surface area contributed by atoms with Crippen LogP contribution in [0.15, 0.2) is 0 Å². The summed E-state index contributed by atoms with van der Waals surface area (Å²) in [5.41, 5.74) is 0. The van der Waals surface area contributed by atoms with Gasteiger partial charge in [0.05, 0.1) is 7.11 Å². The molecule has 0 heterocycles. The van der Waals surface area contributed by atoms with E-state index in [4.69, 9.17) is 0 Å². The molecule has 0 aromatic rings. The van der Waals surface area contributed by atoms with Crippen LogP contribution in [0.25, 0.3) is 0 Å². The molecule has 0 aromatic carbocycles. The molecule has 0 fully saturated rings. The lowest BCUT2D eigenvalue weighted by Crippen LogP contribution is -2.39. The zero-order valence-electron chi connectivity index (χ0n) is 12.2. The van der Waals surface area contributed by atoms with Crippen molar-refractivity contribution in [2.45, 2.75) is 45.3 Å². The van der Waals surface area contributed by atoms with E-state index >= 15 is 0 Å². The van der Waals surface area contributed by atoms with Crippen LogP contribution in [0.3, 0.4) is 0 Å². The van der Waals surface area contributed by atoms with Crippen LogP contribution < -0.4 is 5.32 Å². The van der Waals surface area contributed by atoms with Crippen molar-refractivity contribution in [2.24, 2.45) is 5.92 Å². The summed E-state index contributed by atoms with van der Waals surface area (Å²) in [6.45, 7) is 7.89. The first-order valence-electron chi connectivity index (χ1n) is 6.28. The number of hydrogen-bond donors (Lipinski definition) is 1. The maximum absolute atomic E-state index is 11.7. The second-order valence-electron chi connectivity index (χ2n) is 5.01. The van der Waals surface area contributed by atoms with E-state index in [0.29, 0.717) is 6.54 Å². The monoisotopic (exact) mass is 289 g/mol. The van der Waals surface area contributed by atoms with Crippen molar-refractivity contribution < 1.29 is 19.1 Å². The predicted octanol–water partition coefficient (Wildman–Crippen LogP) is 1.75. The van der Waals surface area contributed by atoms with Gasteiger partial charge in [-0.25, -0.2) is 0 Å². The van der Waals surface area contributed by atoms with Gasteiger partial charge in [0.15, 0.2) is 0 Å². The summed E-state index contributed by atoms with van der Waals surface area (Å²) in [7, 11) is 1.25. The van der Waals surface area contributed by atoms with Gasteiger partial charge in [0.25, 0.3) is 0 Å². The zero-order valence-corrected chi connectivity index (χ0v) is 13.1. The van der Waals surface area contributed by atoms with Crippen molar-refractivity contribution in [2.75, 3.05) is 13.7 Å². The average molecular weight is 289 g/mol. The number of carbonyl (C=O) groups is 3. The maximum atomic E-state index is 11.7. The van der Waals surface area contributed by atoms with E-state index in [-0.39, 0.29) is 23.4 Å². The largest absolute Gasteiger partial charge is 0.469 e. The Balaban J connectivity index is 4.21. The Bertz CT molecular complexity index is 342. The van der Waals surface area contributed by atoms with Crippen LogP contribution in [0.5, 0.6) is 0 Å². The van der Waals surface area contributed by atoms with Gasteiger partial charge in [-0.05, 0) is 20.3 Å². The molecule has 0 aliphatic carbocycles. The fourth-order valence-electron chi connectivity index (χ4n) is 1.23. The highest BCUT2D eigenvalue weighted by molar-refractivity contribution is 8.14. The summed E-state index contributed by atoms with van der Waals surface area (Å²) in [6.07, 6.45) is 0.532. The summed E-state index contributed by atoms with van der Waals surface area (Å²) in [5, 5.41) is 2.56. The molecule has 1 amide bonds. The van der Waals surface area contributed by atoms with E-state index < -0.39 is 10.7 Å². The molecule has 1 unspecified atom stereocenters. The molecule has 19 heavy (non-hydrogen) atoms. The number of thioether (sulfide) groups is 1. The summed E-state index contributed by atoms with van der Waals surface area (Å²) in [5.74, 6) is -0.597. The Kier molecular flexibility index (Phi) is 7.75. The number of rotatable bonds is 7. The summed E-state index contributed by atoms with van der Waals surface area (Å²) < 4.78 is 3.99. The third-order valence-corrected chi connectivity index (χ3v) is 3.72. The van der Waals surface area contributed by atoms with Gasteiger partial charge in [-0.3, -0.25) is 14.4 Å². The summed E-state index contributed by atoms with van der Waals surface area (Å²) in [6, 6.07) is 0. The van der Waals surface area contributed by atoms with Crippen LogP contribution in [0.2, 0.25) is 0 Å². The number of carbonyl (C=O) groups excluding carboxylic acids is 3. The van der Waals surface area contributed by atoms with Gasteiger partial charge >= 0.3 is 5.97 Å². The third-order valence-electron chi connectivity index (χ3n) is 2.65. The zero-order chi connectivity index (χ0) is 15.1. The minimum absolute atomic E-state index is 0.0170. The van der Waals surface area contributed by atoms with Crippen LogP contribution in [0.4, 0.5) is 0 Å². The molecule has 0 spiro atoms. The van der Waals surface area contributed by atoms with Gasteiger partial charge in [-0.15, -0.1) is 0 Å². The van der Waals surface area contributed by atoms with E-state index in [1.54, 1.807) is 0 Å². The van der Waals surface area contributed by atoms with E-state index in [1.807, 2.05) is 27.7 Å². The molecule has 0 saturated carbocycles. The molecule has 0 aliphatic heterocycles. The number of methoxy groups -OCH3 is 1. The smallest absolute Gasteiger partial charge is 0.313 e. The Hall–Kier alpha value is -1.04. The molecule has 0 saturated heterocycles. The molecule has 110 valence electrons. The first kappa shape index (κ1) is 18.0. The number of esters is 1. The van der Waals surface area contributed by atoms with Crippen molar-refractivity contribution in [1.29, 1.82) is 0 Å². The highest BCUT2D eigenvalue weighted by Gasteiger charge is 2.25. The molecule has 0 bridgehead atoms. The van der Waals surface area contributed by atoms with Gasteiger partial charge in [-0.1, -0.05) is 25.6 Å². The van der Waals surface area contributed by atoms with Crippen LogP contribution in [-0.4, -0.2) is 35.4 Å². The van der Waals surface area contributed by atoms with Crippen LogP contribution >= 0.6 is 11.8 Å². The van der Waals surface area contributed by atoms with Gasteiger partial charge in [0.2, 0.25) is 11.0 Å². The maximum Gasteiger partial charge on any atom is 0.313 e. The van der Waals surface area contributed by atoms with Crippen LogP contribution in [0.1, 0.15) is 40.5 Å². The Morgan fingerprint density at radius 3 is 2.37 bits per heavy atom. The molecule has 6 heteroatoms. The molecular formula is C13H23NO4S. The SMILES string of the molecule is CCC(C)C(=O)NCC(C)(C)SC(=O)CC(=O)OC. The molecule has 5 nitrogen and oxygen atoms in total. The average Bonchev–Trinajstić information content (AvgIpc) is 2.33. The number of ether oxygens (including phenoxy) is 1. The Morgan fingerprint density at radius 1 is 1.32 bits per heavy atom. The van der Waals surface area contributed by atoms with Crippen molar-refractivity contribution in [3.63, 3.8) is 0 Å². The van der Waals surface area contributed by atoms with Crippen molar-refractivity contribution >= 4 is 28.8 Å². The minimum Gasteiger partial charge on any atom is -0.469 e. The molecular weight excluding hydrogens is 266 g/mol. The molecule has 1 N–H and O–H groups in total. The summed E-state index contributed by atoms with van der Waals surface area (Å²) in [4.78, 5) is 34.2. The molecule has 0 rings (SSSR count). The fraction of sp³-hybridized carbons (Fsp3) is 0.769. The Labute approximate surface area is 118 Å². The van der Waals surface area contributed by atoms with E-state index in [1.165, 1.54) is 7.11 Å². The molecule has 0 radical (unpaired) electrons. The van der Waals surface area contributed by atoms with E-state index in [2.05, 4.69) is 10.1 Å². The van der Waals surface area contributed by atoms with Crippen molar-refractivity contribution in [3.8, 4) is 0 Å². The van der Waals surface area contributed by atoms with E-state index in [9.17, 15) is 14.4 Å². The second kappa shape index (κ2) is 8.19. The fourth-order valence-corrected chi connectivity index (χ4v) is 2.18. The van der Waals surface area contributed by atoms with Gasteiger partial charge < -0.3 is 10.1 Å². The quantitative estimate of drug-likeness (QED) is 0.571. The van der Waals surface area contributed by atoms with Crippen molar-refractivity contribution in [3.05, 3.63) is 0 Å². The number of hydrogen-bond acceptors (Lipinski definition) is 5. The molecule has 0 aliphatic rings. The molecule has 1 atom stereocenters. The Morgan fingerprint density at radius 2 is 1.89 bits per heavy atom. The van der Waals surface area contributed by atoms with Gasteiger partial charge in [0.1, 0.15) is 6.42 Å². The highest BCUT2D eigenvalue weighted by Crippen LogP contribution is 2.25. The standard InChI is InChI=1S/C13H23NO4S/c1-6-9(2)12(17)14-8-13(3,4)19-11(16)7-10(15)18-5/h9H,6-8H2,1-5H3,(H,14,17). The second-order valence-corrected chi connectivity index (χ2v) is 6.78. The van der Waals surface area contributed by atoms with Crippen LogP contribution in [0, 0.1) is 5.92 Å². The molecule has 0 aromatic heterocycles. The number of amides is 1. The number of nitrogens with one attached hydrogen (secondary N) is 1. The lowest BCUT2D eigenvalue weighted by atomic mass is 10.1. The van der Waals surface area contributed by atoms with Gasteiger partial charge in [-0.2, -0.15) is 0 Å². The lowest BCUT2D eigenvalue weighted by Gasteiger charge is -2.24. The normalized spacial score (nSPS) is 12.7. The first-order valence-corrected chi connectivity index (χ1v) is 7.10. The lowest BCUT2D eigenvalue weighted by molar-refractivity contribution is -0.142. The van der Waals surface area contributed by atoms with Crippen LogP contribution in [-0.2, 0) is 19.1 Å². The minimum atomic E-state index is -0.544. The van der Waals surface area contributed by atoms with Crippen molar-refractivity contribution in [1.82, 2.24) is 5.32 Å². The third kappa shape index (κ3) is 7.87. The summed E-state index contributed by atoms with van der Waals surface area (Å²) >= 11 is 1.05. The first-order chi connectivity index (χ1) is 8.71.